The van der Waals surface area contributed by atoms with E-state index in [9.17, 15) is 4.79 Å². The van der Waals surface area contributed by atoms with Gasteiger partial charge < -0.3 is 14.2 Å². The van der Waals surface area contributed by atoms with E-state index < -0.39 is 0 Å². The number of amides is 1. The Labute approximate surface area is 131 Å². The summed E-state index contributed by atoms with van der Waals surface area (Å²) in [5.74, 6) is 0.936. The number of methoxy groups -OCH3 is 3. The van der Waals surface area contributed by atoms with Crippen LogP contribution < -0.4 is 19.6 Å². The molecule has 6 heteroatoms. The Morgan fingerprint density at radius 3 is 1.91 bits per heavy atom. The summed E-state index contributed by atoms with van der Waals surface area (Å²) in [6.45, 7) is 7.95. The molecule has 0 saturated heterocycles. The minimum atomic E-state index is -0.345. The SMILES string of the molecule is COc1cc(C(=O)NN=C(C)C(C)(C)C)cc(OC)c1OC. The molecule has 0 unspecified atom stereocenters. The van der Waals surface area contributed by atoms with Crippen LogP contribution in [0.5, 0.6) is 17.2 Å². The Morgan fingerprint density at radius 2 is 1.55 bits per heavy atom. The van der Waals surface area contributed by atoms with Gasteiger partial charge >= 0.3 is 0 Å². The van der Waals surface area contributed by atoms with Crippen LogP contribution in [0.2, 0.25) is 0 Å². The summed E-state index contributed by atoms with van der Waals surface area (Å²) in [6, 6.07) is 3.16. The maximum Gasteiger partial charge on any atom is 0.271 e. The first-order chi connectivity index (χ1) is 10.2. The van der Waals surface area contributed by atoms with Gasteiger partial charge in [-0.15, -0.1) is 0 Å². The number of nitrogens with one attached hydrogen (secondary N) is 1. The smallest absolute Gasteiger partial charge is 0.271 e. The molecule has 6 nitrogen and oxygen atoms in total. The Kier molecular flexibility index (Phi) is 5.79. The van der Waals surface area contributed by atoms with Crippen LogP contribution in [0.4, 0.5) is 0 Å². The van der Waals surface area contributed by atoms with Gasteiger partial charge in [0.15, 0.2) is 11.5 Å². The number of hydrogen-bond acceptors (Lipinski definition) is 5. The van der Waals surface area contributed by atoms with Gasteiger partial charge in [-0.05, 0) is 19.1 Å². The lowest BCUT2D eigenvalue weighted by molar-refractivity contribution is 0.0953. The second-order valence-corrected chi connectivity index (χ2v) is 5.80. The molecule has 0 aliphatic rings. The van der Waals surface area contributed by atoms with Crippen molar-refractivity contribution in [1.82, 2.24) is 5.43 Å². The van der Waals surface area contributed by atoms with E-state index in [1.165, 1.54) is 21.3 Å². The Bertz CT molecular complexity index is 549. The van der Waals surface area contributed by atoms with Gasteiger partial charge in [0.05, 0.1) is 21.3 Å². The average Bonchev–Trinajstić information content (AvgIpc) is 2.49. The average molecular weight is 308 g/mol. The number of benzene rings is 1. The van der Waals surface area contributed by atoms with Crippen LogP contribution in [0.25, 0.3) is 0 Å². The molecule has 1 amide bonds. The van der Waals surface area contributed by atoms with Crippen molar-refractivity contribution in [3.05, 3.63) is 17.7 Å². The van der Waals surface area contributed by atoms with E-state index in [1.807, 2.05) is 27.7 Å². The van der Waals surface area contributed by atoms with Crippen LogP contribution in [-0.4, -0.2) is 32.9 Å². The van der Waals surface area contributed by atoms with E-state index in [4.69, 9.17) is 14.2 Å². The monoisotopic (exact) mass is 308 g/mol. The lowest BCUT2D eigenvalue weighted by Crippen LogP contribution is -2.24. The van der Waals surface area contributed by atoms with Gasteiger partial charge in [-0.3, -0.25) is 4.79 Å². The summed E-state index contributed by atoms with van der Waals surface area (Å²) in [4.78, 5) is 12.2. The lowest BCUT2D eigenvalue weighted by atomic mass is 9.91. The third-order valence-corrected chi connectivity index (χ3v) is 3.34. The quantitative estimate of drug-likeness (QED) is 0.671. The molecule has 0 heterocycles. The van der Waals surface area contributed by atoms with Gasteiger partial charge in [0.25, 0.3) is 5.91 Å². The molecule has 0 aliphatic heterocycles. The normalized spacial score (nSPS) is 11.9. The highest BCUT2D eigenvalue weighted by Crippen LogP contribution is 2.38. The van der Waals surface area contributed by atoms with Crippen molar-refractivity contribution in [3.8, 4) is 17.2 Å². The Hall–Kier alpha value is -2.24. The fraction of sp³-hybridized carbons (Fsp3) is 0.500. The maximum atomic E-state index is 12.2. The molecule has 1 rings (SSSR count). The number of ether oxygens (including phenoxy) is 3. The van der Waals surface area contributed by atoms with E-state index in [0.717, 1.165) is 5.71 Å². The number of hydrazone groups is 1. The summed E-state index contributed by atoms with van der Waals surface area (Å²) < 4.78 is 15.7. The minimum Gasteiger partial charge on any atom is -0.493 e. The van der Waals surface area contributed by atoms with Crippen molar-refractivity contribution in [1.29, 1.82) is 0 Å². The van der Waals surface area contributed by atoms with Crippen molar-refractivity contribution in [2.24, 2.45) is 10.5 Å². The van der Waals surface area contributed by atoms with E-state index in [0.29, 0.717) is 22.8 Å². The first kappa shape index (κ1) is 17.8. The molecule has 1 aromatic rings. The standard InChI is InChI=1S/C16H24N2O4/c1-10(16(2,3)4)17-18-15(19)11-8-12(20-5)14(22-7)13(9-11)21-6/h8-9H,1-7H3,(H,18,19). The van der Waals surface area contributed by atoms with Crippen molar-refractivity contribution >= 4 is 11.6 Å². The fourth-order valence-corrected chi connectivity index (χ4v) is 1.58. The predicted octanol–water partition coefficient (Wildman–Crippen LogP) is 2.86. The molecule has 0 spiro atoms. The number of rotatable bonds is 5. The predicted molar refractivity (Wildman–Crippen MR) is 86.1 cm³/mol. The van der Waals surface area contributed by atoms with Gasteiger partial charge in [0, 0.05) is 16.7 Å². The van der Waals surface area contributed by atoms with Crippen LogP contribution in [-0.2, 0) is 0 Å². The second kappa shape index (κ2) is 7.15. The molecular formula is C16H24N2O4. The number of carbonyl (C=O) groups excluding carboxylic acids is 1. The first-order valence-electron chi connectivity index (χ1n) is 6.89. The third-order valence-electron chi connectivity index (χ3n) is 3.34. The van der Waals surface area contributed by atoms with Gasteiger partial charge in [-0.1, -0.05) is 20.8 Å². The third kappa shape index (κ3) is 4.13. The highest BCUT2D eigenvalue weighted by molar-refractivity contribution is 5.97. The van der Waals surface area contributed by atoms with Gasteiger partial charge in [-0.2, -0.15) is 5.10 Å². The molecule has 0 saturated carbocycles. The zero-order valence-electron chi connectivity index (χ0n) is 14.2. The van der Waals surface area contributed by atoms with Crippen LogP contribution in [0.3, 0.4) is 0 Å². The lowest BCUT2D eigenvalue weighted by Gasteiger charge is -2.17. The molecule has 0 radical (unpaired) electrons. The second-order valence-electron chi connectivity index (χ2n) is 5.80. The summed E-state index contributed by atoms with van der Waals surface area (Å²) in [6.07, 6.45) is 0. The largest absolute Gasteiger partial charge is 0.493 e. The van der Waals surface area contributed by atoms with Crippen LogP contribution >= 0.6 is 0 Å². The molecular weight excluding hydrogens is 284 g/mol. The van der Waals surface area contributed by atoms with Crippen molar-refractivity contribution in [2.75, 3.05) is 21.3 Å². The van der Waals surface area contributed by atoms with Crippen LogP contribution in [0, 0.1) is 5.41 Å². The molecule has 1 aromatic carbocycles. The zero-order chi connectivity index (χ0) is 16.9. The molecule has 22 heavy (non-hydrogen) atoms. The van der Waals surface area contributed by atoms with Crippen molar-refractivity contribution in [2.45, 2.75) is 27.7 Å². The van der Waals surface area contributed by atoms with Gasteiger partial charge in [0.1, 0.15) is 0 Å². The highest BCUT2D eigenvalue weighted by atomic mass is 16.5. The highest BCUT2D eigenvalue weighted by Gasteiger charge is 2.18. The summed E-state index contributed by atoms with van der Waals surface area (Å²) in [5.41, 5.74) is 3.64. The van der Waals surface area contributed by atoms with E-state index >= 15 is 0 Å². The molecule has 0 fully saturated rings. The van der Waals surface area contributed by atoms with Crippen molar-refractivity contribution in [3.63, 3.8) is 0 Å². The van der Waals surface area contributed by atoms with E-state index in [1.54, 1.807) is 12.1 Å². The Balaban J connectivity index is 3.09. The number of carbonyl (C=O) groups is 1. The summed E-state index contributed by atoms with van der Waals surface area (Å²) >= 11 is 0. The molecule has 1 N–H and O–H groups in total. The number of hydrogen-bond donors (Lipinski definition) is 1. The van der Waals surface area contributed by atoms with Crippen molar-refractivity contribution < 1.29 is 19.0 Å². The maximum absolute atomic E-state index is 12.2. The van der Waals surface area contributed by atoms with E-state index in [2.05, 4.69) is 10.5 Å². The first-order valence-corrected chi connectivity index (χ1v) is 6.89. The fourth-order valence-electron chi connectivity index (χ4n) is 1.58. The van der Waals surface area contributed by atoms with E-state index in [-0.39, 0.29) is 11.3 Å². The zero-order valence-corrected chi connectivity index (χ0v) is 14.2. The molecule has 122 valence electrons. The minimum absolute atomic E-state index is 0.109. The molecule has 0 aliphatic carbocycles. The van der Waals surface area contributed by atoms with Crippen LogP contribution in [0.15, 0.2) is 17.2 Å². The molecule has 0 atom stereocenters. The summed E-state index contributed by atoms with van der Waals surface area (Å²) in [7, 11) is 4.51. The van der Waals surface area contributed by atoms with Gasteiger partial charge in [0.2, 0.25) is 5.75 Å². The topological polar surface area (TPSA) is 69.2 Å². The summed E-state index contributed by atoms with van der Waals surface area (Å²) in [5, 5.41) is 4.13. The molecule has 0 aromatic heterocycles. The van der Waals surface area contributed by atoms with Crippen LogP contribution in [0.1, 0.15) is 38.1 Å². The van der Waals surface area contributed by atoms with Gasteiger partial charge in [-0.25, -0.2) is 5.43 Å². The number of nitrogens with zero attached hydrogens (tertiary/aromatic N) is 1. The Morgan fingerprint density at radius 1 is 1.05 bits per heavy atom. The molecule has 0 bridgehead atoms.